The molecular formula is C23H22F3N7O4. The van der Waals surface area contributed by atoms with E-state index in [0.29, 0.717) is 29.3 Å². The number of nitrogens with one attached hydrogen (secondary N) is 2. The van der Waals surface area contributed by atoms with Gasteiger partial charge < -0.3 is 30.3 Å². The molecule has 1 amide bonds. The van der Waals surface area contributed by atoms with Gasteiger partial charge in [-0.2, -0.15) is 18.2 Å². The third-order valence-electron chi connectivity index (χ3n) is 5.19. The van der Waals surface area contributed by atoms with E-state index in [1.165, 1.54) is 32.5 Å². The smallest absolute Gasteiger partial charge is 0.433 e. The third kappa shape index (κ3) is 5.53. The summed E-state index contributed by atoms with van der Waals surface area (Å²) in [4.78, 5) is 28.9. The van der Waals surface area contributed by atoms with E-state index >= 15 is 0 Å². The molecule has 0 unspecified atom stereocenters. The monoisotopic (exact) mass is 517 g/mol. The SMILES string of the molecule is COc1ccnc(NCCNC(=O)c2nc(-c3ccc(OC)c4nc(C(F)(F)F)ccc34)oc2CN)n1. The number of nitrogens with two attached hydrogens (primary N) is 1. The van der Waals surface area contributed by atoms with E-state index in [2.05, 4.69) is 30.6 Å². The lowest BCUT2D eigenvalue weighted by atomic mass is 10.1. The average Bonchev–Trinajstić information content (AvgIpc) is 3.34. The molecule has 0 saturated heterocycles. The number of aromatic nitrogens is 4. The summed E-state index contributed by atoms with van der Waals surface area (Å²) in [7, 11) is 2.81. The van der Waals surface area contributed by atoms with Crippen LogP contribution >= 0.6 is 0 Å². The molecule has 0 spiro atoms. The maximum absolute atomic E-state index is 13.2. The number of alkyl halides is 3. The molecule has 0 radical (unpaired) electrons. The summed E-state index contributed by atoms with van der Waals surface area (Å²) < 4.78 is 55.6. The Morgan fingerprint density at radius 3 is 2.57 bits per heavy atom. The molecule has 11 nitrogen and oxygen atoms in total. The van der Waals surface area contributed by atoms with Crippen LogP contribution in [0, 0.1) is 0 Å². The summed E-state index contributed by atoms with van der Waals surface area (Å²) in [5.41, 5.74) is 4.93. The first-order valence-electron chi connectivity index (χ1n) is 10.9. The highest BCUT2D eigenvalue weighted by atomic mass is 19.4. The molecule has 0 aliphatic carbocycles. The number of carbonyl (C=O) groups is 1. The minimum Gasteiger partial charge on any atom is -0.494 e. The van der Waals surface area contributed by atoms with Crippen LogP contribution in [-0.2, 0) is 12.7 Å². The van der Waals surface area contributed by atoms with E-state index in [-0.39, 0.29) is 41.7 Å². The zero-order chi connectivity index (χ0) is 26.6. The van der Waals surface area contributed by atoms with E-state index in [1.54, 1.807) is 12.1 Å². The quantitative estimate of drug-likeness (QED) is 0.283. The van der Waals surface area contributed by atoms with Crippen molar-refractivity contribution in [2.75, 3.05) is 32.6 Å². The van der Waals surface area contributed by atoms with Gasteiger partial charge in [-0.1, -0.05) is 0 Å². The molecule has 0 fully saturated rings. The van der Waals surface area contributed by atoms with Gasteiger partial charge in [0, 0.05) is 36.3 Å². The Balaban J connectivity index is 1.55. The lowest BCUT2D eigenvalue weighted by Crippen LogP contribution is -2.30. The van der Waals surface area contributed by atoms with Crippen molar-refractivity contribution in [2.24, 2.45) is 5.73 Å². The molecule has 3 aromatic heterocycles. The molecule has 0 saturated carbocycles. The van der Waals surface area contributed by atoms with Gasteiger partial charge in [0.05, 0.1) is 20.8 Å². The topological polar surface area (TPSA) is 150 Å². The lowest BCUT2D eigenvalue weighted by molar-refractivity contribution is -0.140. The van der Waals surface area contributed by atoms with Crippen LogP contribution in [-0.4, -0.2) is 53.2 Å². The number of fused-ring (bicyclic) bond motifs is 1. The molecule has 3 heterocycles. The number of methoxy groups -OCH3 is 2. The summed E-state index contributed by atoms with van der Waals surface area (Å²) in [5, 5.41) is 5.94. The van der Waals surface area contributed by atoms with Crippen molar-refractivity contribution in [1.82, 2.24) is 25.3 Å². The van der Waals surface area contributed by atoms with Crippen LogP contribution in [0.5, 0.6) is 11.6 Å². The Kier molecular flexibility index (Phi) is 7.38. The number of nitrogens with zero attached hydrogens (tertiary/aromatic N) is 4. The molecule has 4 aromatic rings. The van der Waals surface area contributed by atoms with Crippen LogP contribution in [0.3, 0.4) is 0 Å². The van der Waals surface area contributed by atoms with Gasteiger partial charge in [-0.05, 0) is 24.3 Å². The van der Waals surface area contributed by atoms with Crippen LogP contribution < -0.4 is 25.8 Å². The summed E-state index contributed by atoms with van der Waals surface area (Å²) in [6.07, 6.45) is -3.11. The second kappa shape index (κ2) is 10.7. The Morgan fingerprint density at radius 2 is 1.86 bits per heavy atom. The van der Waals surface area contributed by atoms with Gasteiger partial charge in [-0.15, -0.1) is 0 Å². The number of amides is 1. The molecule has 0 bridgehead atoms. The molecule has 0 aliphatic heterocycles. The zero-order valence-corrected chi connectivity index (χ0v) is 19.7. The lowest BCUT2D eigenvalue weighted by Gasteiger charge is -2.11. The van der Waals surface area contributed by atoms with Gasteiger partial charge in [-0.3, -0.25) is 4.79 Å². The molecule has 4 N–H and O–H groups in total. The Morgan fingerprint density at radius 1 is 1.05 bits per heavy atom. The molecule has 0 atom stereocenters. The van der Waals surface area contributed by atoms with Crippen molar-refractivity contribution >= 4 is 22.8 Å². The highest BCUT2D eigenvalue weighted by molar-refractivity contribution is 5.98. The van der Waals surface area contributed by atoms with Crippen molar-refractivity contribution in [3.63, 3.8) is 0 Å². The summed E-state index contributed by atoms with van der Waals surface area (Å²) in [5.74, 6) is 0.428. The molecule has 37 heavy (non-hydrogen) atoms. The van der Waals surface area contributed by atoms with Gasteiger partial charge in [0.1, 0.15) is 17.0 Å². The van der Waals surface area contributed by atoms with Gasteiger partial charge >= 0.3 is 6.18 Å². The van der Waals surface area contributed by atoms with Gasteiger partial charge in [0.25, 0.3) is 5.91 Å². The molecule has 4 rings (SSSR count). The minimum absolute atomic E-state index is 0.00252. The van der Waals surface area contributed by atoms with Gasteiger partial charge in [0.15, 0.2) is 11.5 Å². The average molecular weight is 517 g/mol. The van der Waals surface area contributed by atoms with Crippen molar-refractivity contribution in [1.29, 1.82) is 0 Å². The second-order valence-electron chi connectivity index (χ2n) is 7.51. The summed E-state index contributed by atoms with van der Waals surface area (Å²) in [6, 6.07) is 6.71. The van der Waals surface area contributed by atoms with E-state index in [4.69, 9.17) is 19.6 Å². The van der Waals surface area contributed by atoms with Crippen LogP contribution in [0.4, 0.5) is 19.1 Å². The van der Waals surface area contributed by atoms with Gasteiger partial charge in [-0.25, -0.2) is 15.0 Å². The van der Waals surface area contributed by atoms with E-state index in [9.17, 15) is 18.0 Å². The Hall–Kier alpha value is -4.46. The third-order valence-corrected chi connectivity index (χ3v) is 5.19. The Bertz CT molecular complexity index is 1430. The van der Waals surface area contributed by atoms with Gasteiger partial charge in [0.2, 0.25) is 17.7 Å². The van der Waals surface area contributed by atoms with Crippen LogP contribution in [0.2, 0.25) is 0 Å². The second-order valence-corrected chi connectivity index (χ2v) is 7.51. The first kappa shape index (κ1) is 25.6. The highest BCUT2D eigenvalue weighted by Crippen LogP contribution is 2.36. The van der Waals surface area contributed by atoms with Crippen LogP contribution in [0.15, 0.2) is 40.9 Å². The van der Waals surface area contributed by atoms with Crippen molar-refractivity contribution < 1.29 is 31.9 Å². The summed E-state index contributed by atoms with van der Waals surface area (Å²) in [6.45, 7) is 0.370. The number of halogens is 3. The van der Waals surface area contributed by atoms with Crippen molar-refractivity contribution in [3.8, 4) is 23.1 Å². The number of pyridine rings is 1. The van der Waals surface area contributed by atoms with Crippen LogP contribution in [0.25, 0.3) is 22.4 Å². The molecule has 0 aliphatic rings. The number of oxazole rings is 1. The Labute approximate surface area is 208 Å². The zero-order valence-electron chi connectivity index (χ0n) is 19.7. The normalized spacial score (nSPS) is 11.4. The molecular weight excluding hydrogens is 495 g/mol. The molecule has 1 aromatic carbocycles. The maximum atomic E-state index is 13.2. The fourth-order valence-electron chi connectivity index (χ4n) is 3.46. The summed E-state index contributed by atoms with van der Waals surface area (Å²) >= 11 is 0. The number of ether oxygens (including phenoxy) is 2. The molecule has 14 heteroatoms. The highest BCUT2D eigenvalue weighted by Gasteiger charge is 2.33. The van der Waals surface area contributed by atoms with E-state index in [0.717, 1.165) is 6.07 Å². The first-order valence-corrected chi connectivity index (χ1v) is 10.9. The molecule has 194 valence electrons. The number of carbonyl (C=O) groups excluding carboxylic acids is 1. The number of hydrogen-bond donors (Lipinski definition) is 3. The predicted octanol–water partition coefficient (Wildman–Crippen LogP) is 3.02. The maximum Gasteiger partial charge on any atom is 0.433 e. The van der Waals surface area contributed by atoms with E-state index in [1.807, 2.05) is 0 Å². The number of anilines is 1. The van der Waals surface area contributed by atoms with Crippen LogP contribution in [0.1, 0.15) is 21.9 Å². The number of rotatable bonds is 9. The fraction of sp³-hybridized carbons (Fsp3) is 0.261. The van der Waals surface area contributed by atoms with Crippen molar-refractivity contribution in [3.05, 3.63) is 53.7 Å². The van der Waals surface area contributed by atoms with E-state index < -0.39 is 17.8 Å². The van der Waals surface area contributed by atoms with Crippen molar-refractivity contribution in [2.45, 2.75) is 12.7 Å². The largest absolute Gasteiger partial charge is 0.494 e. The number of benzene rings is 1. The minimum atomic E-state index is -4.64. The number of hydrogen-bond acceptors (Lipinski definition) is 10. The first-order chi connectivity index (χ1) is 17.7. The fourth-order valence-corrected chi connectivity index (χ4v) is 3.46. The standard InChI is InChI=1S/C23H22F3N7O4/c1-35-14-5-3-13(12-4-6-16(23(24,25)26)31-18(12)14)21-33-19(15(11-27)37-21)20(34)28-9-10-30-22-29-8-7-17(32-22)36-2/h3-8H,9-11,27H2,1-2H3,(H,28,34)(H,29,30,32). The predicted molar refractivity (Wildman–Crippen MR) is 126 cm³/mol.